The van der Waals surface area contributed by atoms with Gasteiger partial charge in [0.15, 0.2) is 17.2 Å². The van der Waals surface area contributed by atoms with E-state index in [0.717, 1.165) is 17.2 Å². The highest BCUT2D eigenvalue weighted by Gasteiger charge is 2.55. The Hall–Kier alpha value is -2.64. The van der Waals surface area contributed by atoms with Crippen LogP contribution < -0.4 is 35.9 Å². The largest absolute Gasteiger partial charge is 0.790 e. The number of amides is 2. The van der Waals surface area contributed by atoms with E-state index in [9.17, 15) is 62.1 Å². The second-order valence-electron chi connectivity index (χ2n) is 12.5. The number of nitrogens with two attached hydrogens (primary N) is 1. The van der Waals surface area contributed by atoms with E-state index in [1.807, 2.05) is 0 Å². The molecule has 6 N–H and O–H groups in total. The number of rotatable bonds is 21. The van der Waals surface area contributed by atoms with Crippen molar-refractivity contribution in [3.63, 3.8) is 0 Å². The van der Waals surface area contributed by atoms with Gasteiger partial charge in [0.1, 0.15) is 42.0 Å². The van der Waals surface area contributed by atoms with Gasteiger partial charge in [0, 0.05) is 41.5 Å². The lowest BCUT2D eigenvalue weighted by Gasteiger charge is -2.36. The molecule has 1 aliphatic heterocycles. The monoisotopic (exact) mass is 849 g/mol. The minimum absolute atomic E-state index is 0.00651. The predicted molar refractivity (Wildman–Crippen MR) is 174 cm³/mol. The van der Waals surface area contributed by atoms with Crippen LogP contribution in [0.4, 0.5) is 5.82 Å². The van der Waals surface area contributed by atoms with Crippen LogP contribution in [0.25, 0.3) is 11.2 Å². The van der Waals surface area contributed by atoms with Crippen LogP contribution in [0.5, 0.6) is 0 Å². The van der Waals surface area contributed by atoms with E-state index in [0.29, 0.717) is 0 Å². The third-order valence-corrected chi connectivity index (χ3v) is 12.0. The predicted octanol–water partition coefficient (Wildman–Crippen LogP) is -4.61. The molecule has 0 aliphatic carbocycles. The first-order valence-corrected chi connectivity index (χ1v) is 21.3. The maximum absolute atomic E-state index is 12.5. The Morgan fingerprint density at radius 3 is 2.39 bits per heavy atom. The number of carbonyl (C=O) groups is 3. The molecule has 0 saturated carbocycles. The quantitative estimate of drug-likeness (QED) is 0.0738. The normalized spacial score (nSPS) is 24.0. The van der Waals surface area contributed by atoms with Crippen molar-refractivity contribution in [2.75, 3.05) is 43.5 Å². The lowest BCUT2D eigenvalue weighted by atomic mass is 9.87. The van der Waals surface area contributed by atoms with Crippen molar-refractivity contribution in [2.45, 2.75) is 64.3 Å². The van der Waals surface area contributed by atoms with Crippen LogP contribution >= 0.6 is 23.5 Å². The molecule has 8 unspecified atom stereocenters. The zero-order valence-corrected chi connectivity index (χ0v) is 32.5. The van der Waals surface area contributed by atoms with Crippen LogP contribution in [0.3, 0.4) is 0 Å². The lowest BCUT2D eigenvalue weighted by Crippen LogP contribution is -2.46. The first-order chi connectivity index (χ1) is 24.8. The minimum Gasteiger partial charge on any atom is -0.790 e. The first kappa shape index (κ1) is 45.7. The fourth-order valence-corrected chi connectivity index (χ4v) is 8.49. The SMILES string of the molecule is CC(=O)CS(=O)CCNC(=O)CCNC(=O)C(O)C(C)(C)COP(=O)([O-])OP(=O)([O-])OCC1OC(C)(n2cnc3c(N)ncnc32)C(O)C1OP(=O)([O-])[O-]. The maximum Gasteiger partial charge on any atom is 0.274 e. The molecule has 0 aromatic carbocycles. The number of aliphatic hydroxyl groups excluding tert-OH is 2. The molecule has 1 saturated heterocycles. The maximum atomic E-state index is 12.5. The number of aliphatic hydroxyl groups is 2. The van der Waals surface area contributed by atoms with Gasteiger partial charge in [-0.3, -0.25) is 32.3 Å². The molecule has 1 fully saturated rings. The highest BCUT2D eigenvalue weighted by atomic mass is 32.2. The van der Waals surface area contributed by atoms with Gasteiger partial charge >= 0.3 is 0 Å². The number of phosphoric acid groups is 3. The van der Waals surface area contributed by atoms with Crippen LogP contribution in [0, 0.1) is 5.41 Å². The average Bonchev–Trinajstić information content (AvgIpc) is 3.58. The van der Waals surface area contributed by atoms with Crippen molar-refractivity contribution in [1.29, 1.82) is 0 Å². The second kappa shape index (κ2) is 18.1. The summed E-state index contributed by atoms with van der Waals surface area (Å²) in [7, 11) is -19.1. The smallest absolute Gasteiger partial charge is 0.274 e. The number of ether oxygens (including phenoxy) is 1. The van der Waals surface area contributed by atoms with Crippen LogP contribution in [-0.2, 0) is 67.2 Å². The molecular weight excluding hydrogens is 811 g/mol. The molecule has 3 heterocycles. The summed E-state index contributed by atoms with van der Waals surface area (Å²) < 4.78 is 72.5. The summed E-state index contributed by atoms with van der Waals surface area (Å²) in [6.45, 7) is 2.21. The third-order valence-electron chi connectivity index (χ3n) is 7.55. The molecule has 29 heteroatoms. The Bertz CT molecular complexity index is 1860. The van der Waals surface area contributed by atoms with E-state index in [1.165, 1.54) is 27.7 Å². The Balaban J connectivity index is 1.56. The molecule has 2 aromatic heterocycles. The van der Waals surface area contributed by atoms with Gasteiger partial charge in [-0.15, -0.1) is 0 Å². The third kappa shape index (κ3) is 12.7. The minimum atomic E-state index is -5.94. The summed E-state index contributed by atoms with van der Waals surface area (Å²) in [5, 5.41) is 26.2. The summed E-state index contributed by atoms with van der Waals surface area (Å²) in [6.07, 6.45) is -6.21. The molecule has 25 nitrogen and oxygen atoms in total. The summed E-state index contributed by atoms with van der Waals surface area (Å²) in [5.41, 5.74) is 1.97. The van der Waals surface area contributed by atoms with Crippen molar-refractivity contribution >= 4 is 68.8 Å². The van der Waals surface area contributed by atoms with Gasteiger partial charge in [-0.05, 0) is 13.8 Å². The molecule has 54 heavy (non-hydrogen) atoms. The van der Waals surface area contributed by atoms with Gasteiger partial charge in [-0.1, -0.05) is 13.8 Å². The molecule has 0 bridgehead atoms. The van der Waals surface area contributed by atoms with E-state index < -0.39 is 94.9 Å². The number of Topliss-reactive ketones (excluding diaryl/α,β-unsaturated/α-hetero) is 1. The number of hydrogen-bond acceptors (Lipinski definition) is 22. The second-order valence-corrected chi connectivity index (χ2v) is 18.2. The van der Waals surface area contributed by atoms with Gasteiger partial charge in [0.05, 0.1) is 33.1 Å². The van der Waals surface area contributed by atoms with Crippen LogP contribution in [-0.4, -0.2) is 114 Å². The standard InChI is InChI=1S/C25H42N7O18P3S/c1-14(33)10-54(45)8-7-27-16(34)5-6-28-23(37)20(36)24(2,3)11-47-53(43,44)50-52(41,42)46-9-15-18(49-51(38,39)40)19(35)25(4,48-15)32-13-31-17-21(26)29-12-30-22(17)32/h12-13,15,18-20,35-36H,5-11H2,1-4H3,(H,27,34)(H,28,37)(H,41,42)(H,43,44)(H2,26,29,30)(H2,38,39,40)/p-4. The summed E-state index contributed by atoms with van der Waals surface area (Å²) in [5.74, 6) is -2.08. The van der Waals surface area contributed by atoms with Gasteiger partial charge in [-0.2, -0.15) is 0 Å². The van der Waals surface area contributed by atoms with E-state index in [1.54, 1.807) is 0 Å². The number of aromatic nitrogens is 4. The number of fused-ring (bicyclic) bond motifs is 1. The Labute approximate surface area is 309 Å². The number of anilines is 1. The van der Waals surface area contributed by atoms with Crippen LogP contribution in [0.1, 0.15) is 34.1 Å². The fraction of sp³-hybridized carbons (Fsp3) is 0.680. The Morgan fingerprint density at radius 2 is 1.76 bits per heavy atom. The van der Waals surface area contributed by atoms with E-state index in [-0.39, 0.29) is 53.8 Å². The fourth-order valence-electron chi connectivity index (χ4n) is 4.83. The topological polar surface area (TPSA) is 392 Å². The zero-order chi connectivity index (χ0) is 40.9. The molecule has 306 valence electrons. The number of nitrogen functional groups attached to an aromatic ring is 1. The van der Waals surface area contributed by atoms with Crippen molar-refractivity contribution in [3.8, 4) is 0 Å². The van der Waals surface area contributed by atoms with Crippen molar-refractivity contribution in [2.24, 2.45) is 5.41 Å². The van der Waals surface area contributed by atoms with E-state index >= 15 is 0 Å². The number of imidazole rings is 1. The Morgan fingerprint density at radius 1 is 1.11 bits per heavy atom. The van der Waals surface area contributed by atoms with Crippen molar-refractivity contribution in [1.82, 2.24) is 30.2 Å². The lowest BCUT2D eigenvalue weighted by molar-refractivity contribution is -0.347. The first-order valence-electron chi connectivity index (χ1n) is 15.5. The van der Waals surface area contributed by atoms with E-state index in [2.05, 4.69) is 43.5 Å². The van der Waals surface area contributed by atoms with Crippen LogP contribution in [0.15, 0.2) is 12.7 Å². The van der Waals surface area contributed by atoms with Crippen molar-refractivity contribution < 1.29 is 84.7 Å². The van der Waals surface area contributed by atoms with Gasteiger partial charge < -0.3 is 69.0 Å². The molecule has 1 aliphatic rings. The Kier molecular flexibility index (Phi) is 15.3. The number of carbonyl (C=O) groups excluding carboxylic acids is 3. The van der Waals surface area contributed by atoms with Crippen molar-refractivity contribution in [3.05, 3.63) is 12.7 Å². The molecule has 2 amide bonds. The number of nitrogens with zero attached hydrogens (tertiary/aromatic N) is 4. The molecule has 0 spiro atoms. The molecule has 8 atom stereocenters. The number of hydrogen-bond donors (Lipinski definition) is 5. The van der Waals surface area contributed by atoms with Gasteiger partial charge in [0.2, 0.25) is 11.8 Å². The number of phosphoric ester groups is 3. The number of ketones is 1. The van der Waals surface area contributed by atoms with Gasteiger partial charge in [-0.25, -0.2) is 19.3 Å². The summed E-state index contributed by atoms with van der Waals surface area (Å²) in [6, 6.07) is 0. The number of nitrogens with one attached hydrogen (secondary N) is 2. The molecule has 3 rings (SSSR count). The zero-order valence-electron chi connectivity index (χ0n) is 29.0. The molecule has 0 radical (unpaired) electrons. The summed E-state index contributed by atoms with van der Waals surface area (Å²) in [4.78, 5) is 95.1. The van der Waals surface area contributed by atoms with E-state index in [4.69, 9.17) is 10.5 Å². The molecule has 2 aromatic rings. The highest BCUT2D eigenvalue weighted by molar-refractivity contribution is 7.85. The average molecular weight is 850 g/mol. The highest BCUT2D eigenvalue weighted by Crippen LogP contribution is 2.56. The van der Waals surface area contributed by atoms with Gasteiger partial charge in [0.25, 0.3) is 15.6 Å². The molecular formula is C25H38N7O18P3S-4. The summed E-state index contributed by atoms with van der Waals surface area (Å²) >= 11 is 0. The van der Waals surface area contributed by atoms with Crippen LogP contribution in [0.2, 0.25) is 0 Å².